The molecule has 5 rings (SSSR count). The summed E-state index contributed by atoms with van der Waals surface area (Å²) >= 11 is 12.0. The minimum absolute atomic E-state index is 0.194. The van der Waals surface area contributed by atoms with Crippen molar-refractivity contribution in [2.45, 2.75) is 25.7 Å². The van der Waals surface area contributed by atoms with Gasteiger partial charge < -0.3 is 15.5 Å². The maximum atomic E-state index is 13.1. The molecule has 1 unspecified atom stereocenters. The van der Waals surface area contributed by atoms with Crippen LogP contribution in [0.25, 0.3) is 17.2 Å². The highest BCUT2D eigenvalue weighted by Crippen LogP contribution is 2.45. The second-order valence-corrected chi connectivity index (χ2v) is 9.57. The molecule has 0 spiro atoms. The number of amides is 1. The molecule has 1 aliphatic heterocycles. The molecule has 4 aromatic rings. The molecule has 10 heteroatoms. The molecule has 3 N–H and O–H groups in total. The lowest BCUT2D eigenvalue weighted by Gasteiger charge is -2.23. The second kappa shape index (κ2) is 8.48. The number of nitrogen functional groups attached to an aromatic ring is 1. The fourth-order valence-electron chi connectivity index (χ4n) is 4.35. The number of aromatic nitrogens is 5. The van der Waals surface area contributed by atoms with Crippen LogP contribution >= 0.6 is 23.2 Å². The first-order valence-corrected chi connectivity index (χ1v) is 11.5. The van der Waals surface area contributed by atoms with Crippen LogP contribution in [0, 0.1) is 0 Å². The lowest BCUT2D eigenvalue weighted by molar-refractivity contribution is -0.119. The highest BCUT2D eigenvalue weighted by molar-refractivity contribution is 6.30. The smallest absolute Gasteiger partial charge is 0.240 e. The summed E-state index contributed by atoms with van der Waals surface area (Å²) in [6.07, 6.45) is 7.49. The van der Waals surface area contributed by atoms with Crippen molar-refractivity contribution in [2.24, 2.45) is 0 Å². The maximum absolute atomic E-state index is 13.1. The topological polar surface area (TPSA) is 111 Å². The number of nitrogens with two attached hydrogens (primary N) is 1. The van der Waals surface area contributed by atoms with Crippen LogP contribution in [0.4, 0.5) is 11.6 Å². The van der Waals surface area contributed by atoms with Crippen LogP contribution < -0.4 is 11.1 Å². The van der Waals surface area contributed by atoms with E-state index in [0.29, 0.717) is 44.9 Å². The number of nitrogens with zero attached hydrogens (tertiary/aromatic N) is 5. The van der Waals surface area contributed by atoms with Gasteiger partial charge >= 0.3 is 0 Å². The third kappa shape index (κ3) is 3.94. The van der Waals surface area contributed by atoms with E-state index >= 15 is 0 Å². The van der Waals surface area contributed by atoms with Crippen molar-refractivity contribution < 1.29 is 4.79 Å². The zero-order valence-electron chi connectivity index (χ0n) is 19.0. The molecule has 1 aromatic carbocycles. The lowest BCUT2D eigenvalue weighted by Crippen LogP contribution is -2.32. The molecular formula is C25H21Cl2N7O. The zero-order chi connectivity index (χ0) is 24.9. The van der Waals surface area contributed by atoms with Crippen LogP contribution in [0.2, 0.25) is 5.02 Å². The maximum Gasteiger partial charge on any atom is 0.240 e. The molecule has 1 aliphatic rings. The molecule has 35 heavy (non-hydrogen) atoms. The van der Waals surface area contributed by atoms with Crippen molar-refractivity contribution >= 4 is 46.4 Å². The quantitative estimate of drug-likeness (QED) is 0.372. The van der Waals surface area contributed by atoms with Crippen LogP contribution in [-0.2, 0) is 16.6 Å². The standard InChI is InChI=1S/C25H21Cl2N7O/c1-13(10-14(2)26)11-17-23-29-8-9-34(23)12-18(30-17)21-31-20(28)19-22(32-21)33-24(35)25(19,3)15-4-6-16(27)7-5-15/h4-10,12H,1,11H2,2-3H3,(H3,28,31,32,33,35)/b14-10+. The molecule has 1 atom stereocenters. The van der Waals surface area contributed by atoms with Crippen molar-refractivity contribution in [3.05, 3.63) is 88.0 Å². The Bertz CT molecular complexity index is 1540. The van der Waals surface area contributed by atoms with E-state index in [1.807, 2.05) is 10.6 Å². The van der Waals surface area contributed by atoms with E-state index in [1.165, 1.54) is 0 Å². The fraction of sp³-hybridized carbons (Fsp3) is 0.160. The predicted octanol–water partition coefficient (Wildman–Crippen LogP) is 4.92. The van der Waals surface area contributed by atoms with Gasteiger partial charge in [-0.05, 0) is 43.2 Å². The minimum atomic E-state index is -1.06. The van der Waals surface area contributed by atoms with Gasteiger partial charge in [-0.3, -0.25) is 4.79 Å². The average Bonchev–Trinajstić information content (AvgIpc) is 3.36. The molecule has 0 saturated carbocycles. The molecule has 1 amide bonds. The second-order valence-electron chi connectivity index (χ2n) is 8.54. The van der Waals surface area contributed by atoms with E-state index < -0.39 is 5.41 Å². The van der Waals surface area contributed by atoms with Gasteiger partial charge in [0.25, 0.3) is 0 Å². The normalized spacial score (nSPS) is 17.5. The van der Waals surface area contributed by atoms with Crippen LogP contribution in [0.1, 0.15) is 30.7 Å². The Labute approximate surface area is 211 Å². The highest BCUT2D eigenvalue weighted by Gasteiger charge is 2.47. The Morgan fingerprint density at radius 1 is 1.26 bits per heavy atom. The number of rotatable bonds is 5. The fourth-order valence-corrected chi connectivity index (χ4v) is 4.63. The number of benzene rings is 1. The largest absolute Gasteiger partial charge is 0.383 e. The summed E-state index contributed by atoms with van der Waals surface area (Å²) in [5.74, 6) is 0.591. The van der Waals surface area contributed by atoms with Crippen LogP contribution in [0.3, 0.4) is 0 Å². The van der Waals surface area contributed by atoms with E-state index in [9.17, 15) is 4.79 Å². The molecule has 3 aromatic heterocycles. The van der Waals surface area contributed by atoms with Gasteiger partial charge in [0.05, 0.1) is 11.3 Å². The Balaban J connectivity index is 1.61. The van der Waals surface area contributed by atoms with Gasteiger partial charge in [-0.1, -0.05) is 41.9 Å². The van der Waals surface area contributed by atoms with E-state index in [4.69, 9.17) is 33.9 Å². The molecule has 8 nitrogen and oxygen atoms in total. The number of fused-ring (bicyclic) bond motifs is 2. The Kier molecular flexibility index (Phi) is 5.57. The van der Waals surface area contributed by atoms with Crippen LogP contribution in [0.5, 0.6) is 0 Å². The number of hydrogen-bond donors (Lipinski definition) is 2. The summed E-state index contributed by atoms with van der Waals surface area (Å²) in [5.41, 5.74) is 9.27. The molecule has 0 bridgehead atoms. The van der Waals surface area contributed by atoms with Crippen molar-refractivity contribution in [3.8, 4) is 11.5 Å². The third-order valence-corrected chi connectivity index (χ3v) is 6.38. The number of imidazole rings is 1. The predicted molar refractivity (Wildman–Crippen MR) is 137 cm³/mol. The van der Waals surface area contributed by atoms with Crippen LogP contribution in [0.15, 0.2) is 66.1 Å². The molecule has 176 valence electrons. The third-order valence-electron chi connectivity index (χ3n) is 6.01. The van der Waals surface area contributed by atoms with Gasteiger partial charge in [0.1, 0.15) is 22.7 Å². The molecule has 0 saturated heterocycles. The summed E-state index contributed by atoms with van der Waals surface area (Å²) in [5, 5.41) is 4.07. The number of hydrogen-bond acceptors (Lipinski definition) is 6. The first-order valence-electron chi connectivity index (χ1n) is 10.8. The van der Waals surface area contributed by atoms with E-state index in [1.54, 1.807) is 56.6 Å². The van der Waals surface area contributed by atoms with Gasteiger partial charge in [0.2, 0.25) is 5.91 Å². The molecule has 4 heterocycles. The van der Waals surface area contributed by atoms with Crippen molar-refractivity contribution in [3.63, 3.8) is 0 Å². The van der Waals surface area contributed by atoms with Gasteiger partial charge in [0, 0.05) is 35.1 Å². The van der Waals surface area contributed by atoms with E-state index in [-0.39, 0.29) is 17.5 Å². The van der Waals surface area contributed by atoms with Gasteiger partial charge in [-0.15, -0.1) is 0 Å². The summed E-state index contributed by atoms with van der Waals surface area (Å²) < 4.78 is 1.84. The molecule has 0 radical (unpaired) electrons. The zero-order valence-corrected chi connectivity index (χ0v) is 20.5. The SMILES string of the molecule is C=C(/C=C(\C)Cl)Cc1nc(-c2nc(N)c3c(n2)NC(=O)C3(C)c2ccc(Cl)cc2)cn2ccnc12. The van der Waals surface area contributed by atoms with E-state index in [0.717, 1.165) is 11.1 Å². The van der Waals surface area contributed by atoms with Gasteiger partial charge in [-0.25, -0.2) is 19.9 Å². The van der Waals surface area contributed by atoms with Gasteiger partial charge in [-0.2, -0.15) is 0 Å². The van der Waals surface area contributed by atoms with Crippen molar-refractivity contribution in [1.82, 2.24) is 24.3 Å². The molecular weight excluding hydrogens is 485 g/mol. The molecule has 0 aliphatic carbocycles. The molecule has 0 fully saturated rings. The summed E-state index contributed by atoms with van der Waals surface area (Å²) in [4.78, 5) is 31.5. The number of nitrogens with one attached hydrogen (secondary N) is 1. The average molecular weight is 506 g/mol. The minimum Gasteiger partial charge on any atom is -0.383 e. The number of allylic oxidation sites excluding steroid dienone is 3. The lowest BCUT2D eigenvalue weighted by atomic mass is 9.78. The monoisotopic (exact) mass is 505 g/mol. The summed E-state index contributed by atoms with van der Waals surface area (Å²) in [7, 11) is 0. The summed E-state index contributed by atoms with van der Waals surface area (Å²) in [6.45, 7) is 7.64. The van der Waals surface area contributed by atoms with E-state index in [2.05, 4.69) is 26.8 Å². The first-order chi connectivity index (χ1) is 16.7. The van der Waals surface area contributed by atoms with Crippen LogP contribution in [-0.4, -0.2) is 30.2 Å². The Hall–Kier alpha value is -3.75. The Morgan fingerprint density at radius 2 is 2.00 bits per heavy atom. The van der Waals surface area contributed by atoms with Crippen molar-refractivity contribution in [2.75, 3.05) is 11.1 Å². The number of carbonyl (C=O) groups excluding carboxylic acids is 1. The summed E-state index contributed by atoms with van der Waals surface area (Å²) in [6, 6.07) is 7.07. The first kappa shape index (κ1) is 23.0. The number of halogens is 2. The Morgan fingerprint density at radius 3 is 2.71 bits per heavy atom. The van der Waals surface area contributed by atoms with Gasteiger partial charge in [0.15, 0.2) is 11.5 Å². The number of anilines is 2. The highest BCUT2D eigenvalue weighted by atomic mass is 35.5. The van der Waals surface area contributed by atoms with Crippen molar-refractivity contribution in [1.29, 1.82) is 0 Å². The number of carbonyl (C=O) groups is 1.